The third kappa shape index (κ3) is 2.44. The molecule has 90 valence electrons. The van der Waals surface area contributed by atoms with Crippen molar-refractivity contribution in [3.63, 3.8) is 0 Å². The Hall–Kier alpha value is 0.110. The third-order valence-corrected chi connectivity index (χ3v) is 3.86. The fraction of sp³-hybridized carbons (Fsp3) is 1.00. The minimum absolute atomic E-state index is 0. The normalized spacial score (nSPS) is 26.6. The van der Waals surface area contributed by atoms with Crippen LogP contribution in [0.1, 0.15) is 44.9 Å². The lowest BCUT2D eigenvalue weighted by molar-refractivity contribution is -0.0663. The lowest BCUT2D eigenvalue weighted by Crippen LogP contribution is -2.53. The predicted octanol–water partition coefficient (Wildman–Crippen LogP) is 3.47. The zero-order valence-corrected chi connectivity index (χ0v) is 9.87. The van der Waals surface area contributed by atoms with Crippen LogP contribution < -0.4 is 0 Å². The topological polar surface area (TPSA) is 3.24 Å². The van der Waals surface area contributed by atoms with Crippen molar-refractivity contribution in [1.82, 2.24) is 4.90 Å². The number of rotatable bonds is 2. The van der Waals surface area contributed by atoms with E-state index in [1.807, 2.05) is 0 Å². The van der Waals surface area contributed by atoms with Crippen LogP contribution in [0.5, 0.6) is 0 Å². The summed E-state index contributed by atoms with van der Waals surface area (Å²) < 4.78 is 26.4. The Balaban J connectivity index is 0.00000112. The van der Waals surface area contributed by atoms with Gasteiger partial charge in [-0.3, -0.25) is 4.90 Å². The molecule has 2 aliphatic rings. The molecule has 0 spiro atoms. The highest BCUT2D eigenvalue weighted by atomic mass is 35.5. The Bertz CT molecular complexity index is 187. The first kappa shape index (κ1) is 13.2. The Morgan fingerprint density at radius 2 is 1.40 bits per heavy atom. The maximum Gasteiger partial charge on any atom is 0.256 e. The first-order valence-corrected chi connectivity index (χ1v) is 5.79. The summed E-state index contributed by atoms with van der Waals surface area (Å²) in [7, 11) is 0. The van der Waals surface area contributed by atoms with Crippen molar-refractivity contribution in [2.75, 3.05) is 13.1 Å². The van der Waals surface area contributed by atoms with Gasteiger partial charge in [-0.25, -0.2) is 8.78 Å². The molecule has 1 nitrogen and oxygen atoms in total. The number of likely N-dealkylation sites (tertiary alicyclic amines) is 1. The highest BCUT2D eigenvalue weighted by Gasteiger charge is 2.46. The molecule has 1 saturated carbocycles. The van der Waals surface area contributed by atoms with Crippen LogP contribution in [0.4, 0.5) is 8.78 Å². The van der Waals surface area contributed by atoms with Crippen LogP contribution in [0.2, 0.25) is 0 Å². The summed E-state index contributed by atoms with van der Waals surface area (Å²) in [5.41, 5.74) is -0.741. The molecule has 1 aliphatic heterocycles. The number of alkyl halides is 2. The minimum atomic E-state index is -2.15. The molecule has 0 radical (unpaired) electrons. The molecule has 0 bridgehead atoms. The molecule has 2 rings (SSSR count). The molecule has 15 heavy (non-hydrogen) atoms. The maximum absolute atomic E-state index is 13.2. The van der Waals surface area contributed by atoms with Crippen LogP contribution in [0, 0.1) is 0 Å². The Morgan fingerprint density at radius 3 is 1.87 bits per heavy atom. The number of hydrogen-bond donors (Lipinski definition) is 0. The average Bonchev–Trinajstić information content (AvgIpc) is 2.72. The fourth-order valence-electron chi connectivity index (χ4n) is 3.00. The van der Waals surface area contributed by atoms with E-state index in [9.17, 15) is 8.78 Å². The van der Waals surface area contributed by atoms with E-state index in [2.05, 4.69) is 4.90 Å². The molecule has 0 aromatic heterocycles. The van der Waals surface area contributed by atoms with E-state index in [1.165, 1.54) is 0 Å². The molecule has 4 heteroatoms. The van der Waals surface area contributed by atoms with Gasteiger partial charge in [0.05, 0.1) is 5.54 Å². The molecule has 2 fully saturated rings. The number of hydrogen-bond acceptors (Lipinski definition) is 1. The van der Waals surface area contributed by atoms with Crippen molar-refractivity contribution in [3.8, 4) is 0 Å². The van der Waals surface area contributed by atoms with Gasteiger partial charge in [-0.1, -0.05) is 19.3 Å². The van der Waals surface area contributed by atoms with Crippen LogP contribution in [-0.4, -0.2) is 30.0 Å². The summed E-state index contributed by atoms with van der Waals surface area (Å²) in [6.45, 7) is 1.79. The molecule has 0 aromatic rings. The minimum Gasteiger partial charge on any atom is -0.292 e. The van der Waals surface area contributed by atoms with E-state index in [0.29, 0.717) is 12.8 Å². The largest absolute Gasteiger partial charge is 0.292 e. The zero-order valence-electron chi connectivity index (χ0n) is 9.05. The van der Waals surface area contributed by atoms with Gasteiger partial charge < -0.3 is 0 Å². The molecule has 0 aromatic carbocycles. The monoisotopic (exact) mass is 239 g/mol. The van der Waals surface area contributed by atoms with Gasteiger partial charge >= 0.3 is 0 Å². The fourth-order valence-corrected chi connectivity index (χ4v) is 3.00. The third-order valence-electron chi connectivity index (χ3n) is 3.86. The van der Waals surface area contributed by atoms with Crippen molar-refractivity contribution in [3.05, 3.63) is 0 Å². The van der Waals surface area contributed by atoms with E-state index in [-0.39, 0.29) is 12.4 Å². The van der Waals surface area contributed by atoms with Gasteiger partial charge in [-0.05, 0) is 38.8 Å². The van der Waals surface area contributed by atoms with E-state index < -0.39 is 12.0 Å². The lowest BCUT2D eigenvalue weighted by atomic mass is 9.80. The molecular weight excluding hydrogens is 220 g/mol. The number of halogens is 3. The standard InChI is InChI=1S/C11H19F2N.ClH/c12-10(13)11(6-2-1-3-7-11)14-8-4-5-9-14;/h10H,1-9H2;1H. The van der Waals surface area contributed by atoms with Crippen molar-refractivity contribution in [2.24, 2.45) is 0 Å². The van der Waals surface area contributed by atoms with Crippen LogP contribution in [0.15, 0.2) is 0 Å². The molecule has 1 aliphatic carbocycles. The van der Waals surface area contributed by atoms with Crippen LogP contribution >= 0.6 is 12.4 Å². The van der Waals surface area contributed by atoms with Gasteiger partial charge in [0.1, 0.15) is 0 Å². The van der Waals surface area contributed by atoms with Gasteiger partial charge in [-0.2, -0.15) is 0 Å². The second-order valence-electron chi connectivity index (χ2n) is 4.66. The van der Waals surface area contributed by atoms with E-state index in [1.54, 1.807) is 0 Å². The van der Waals surface area contributed by atoms with E-state index >= 15 is 0 Å². The maximum atomic E-state index is 13.2. The van der Waals surface area contributed by atoms with Crippen LogP contribution in [0.3, 0.4) is 0 Å². The van der Waals surface area contributed by atoms with Crippen LogP contribution in [-0.2, 0) is 0 Å². The summed E-state index contributed by atoms with van der Waals surface area (Å²) in [6, 6.07) is 0. The van der Waals surface area contributed by atoms with E-state index in [4.69, 9.17) is 0 Å². The second kappa shape index (κ2) is 5.44. The molecule has 1 heterocycles. The summed E-state index contributed by atoms with van der Waals surface area (Å²) >= 11 is 0. The molecule has 0 unspecified atom stereocenters. The summed E-state index contributed by atoms with van der Waals surface area (Å²) in [5, 5.41) is 0. The van der Waals surface area contributed by atoms with Crippen LogP contribution in [0.25, 0.3) is 0 Å². The molecule has 0 atom stereocenters. The van der Waals surface area contributed by atoms with Gasteiger partial charge in [-0.15, -0.1) is 12.4 Å². The predicted molar refractivity (Wildman–Crippen MR) is 59.9 cm³/mol. The average molecular weight is 240 g/mol. The number of nitrogens with zero attached hydrogens (tertiary/aromatic N) is 1. The molecule has 0 N–H and O–H groups in total. The molecule has 0 amide bonds. The Kier molecular flexibility index (Phi) is 4.78. The first-order chi connectivity index (χ1) is 6.76. The van der Waals surface area contributed by atoms with Gasteiger partial charge in [0.15, 0.2) is 0 Å². The highest BCUT2D eigenvalue weighted by molar-refractivity contribution is 5.85. The smallest absolute Gasteiger partial charge is 0.256 e. The quantitative estimate of drug-likeness (QED) is 0.713. The lowest BCUT2D eigenvalue weighted by Gasteiger charge is -2.44. The van der Waals surface area contributed by atoms with Crippen molar-refractivity contribution < 1.29 is 8.78 Å². The van der Waals surface area contributed by atoms with Gasteiger partial charge in [0, 0.05) is 0 Å². The SMILES string of the molecule is Cl.FC(F)C1(N2CCCC2)CCCCC1. The van der Waals surface area contributed by atoms with Gasteiger partial charge in [0.2, 0.25) is 0 Å². The van der Waals surface area contributed by atoms with Crippen molar-refractivity contribution in [1.29, 1.82) is 0 Å². The van der Waals surface area contributed by atoms with Gasteiger partial charge in [0.25, 0.3) is 6.43 Å². The summed E-state index contributed by atoms with van der Waals surface area (Å²) in [5.74, 6) is 0. The second-order valence-corrected chi connectivity index (χ2v) is 4.66. The Labute approximate surface area is 96.6 Å². The highest BCUT2D eigenvalue weighted by Crippen LogP contribution is 2.40. The zero-order chi connectivity index (χ0) is 10.0. The van der Waals surface area contributed by atoms with Crippen molar-refractivity contribution in [2.45, 2.75) is 56.9 Å². The summed E-state index contributed by atoms with van der Waals surface area (Å²) in [4.78, 5) is 2.07. The first-order valence-electron chi connectivity index (χ1n) is 5.79. The Morgan fingerprint density at radius 1 is 0.867 bits per heavy atom. The molecular formula is C11H20ClF2N. The van der Waals surface area contributed by atoms with E-state index in [0.717, 1.165) is 45.2 Å². The van der Waals surface area contributed by atoms with Crippen molar-refractivity contribution >= 4 is 12.4 Å². The molecule has 1 saturated heterocycles. The summed E-state index contributed by atoms with van der Waals surface area (Å²) in [6.07, 6.45) is 4.60.